The molecule has 1 N–H and O–H groups in total. The van der Waals surface area contributed by atoms with E-state index in [1.807, 2.05) is 24.3 Å². The van der Waals surface area contributed by atoms with Crippen LogP contribution in [0.15, 0.2) is 91.0 Å². The van der Waals surface area contributed by atoms with Gasteiger partial charge in [0.2, 0.25) is 0 Å². The van der Waals surface area contributed by atoms with E-state index in [4.69, 9.17) is 11.6 Å². The van der Waals surface area contributed by atoms with Gasteiger partial charge in [-0.2, -0.15) is 0 Å². The average molecular weight is 348 g/mol. The van der Waals surface area contributed by atoms with E-state index in [9.17, 15) is 0 Å². The number of rotatable bonds is 6. The van der Waals surface area contributed by atoms with Crippen molar-refractivity contribution in [3.05, 3.63) is 113 Å². The molecule has 0 saturated carbocycles. The first-order valence-corrected chi connectivity index (χ1v) is 8.91. The lowest BCUT2D eigenvalue weighted by molar-refractivity contribution is 0.618. The van der Waals surface area contributed by atoms with E-state index in [2.05, 4.69) is 79.0 Å². The minimum absolute atomic E-state index is 0.265. The molecule has 0 aromatic heterocycles. The fourth-order valence-electron chi connectivity index (χ4n) is 2.84. The Kier molecular flexibility index (Phi) is 6.05. The molecule has 2 heteroatoms. The summed E-state index contributed by atoms with van der Waals surface area (Å²) in [5.74, 6) is 0. The predicted octanol–water partition coefficient (Wildman–Crippen LogP) is 6.12. The van der Waals surface area contributed by atoms with Gasteiger partial charge in [-0.15, -0.1) is 0 Å². The van der Waals surface area contributed by atoms with Crippen molar-refractivity contribution in [2.45, 2.75) is 13.0 Å². The number of benzene rings is 3. The molecule has 0 fully saturated rings. The largest absolute Gasteiger partial charge is 0.307 e. The molecule has 0 aliphatic heterocycles. The smallest absolute Gasteiger partial charge is 0.0406 e. The second-order valence-electron chi connectivity index (χ2n) is 6.03. The van der Waals surface area contributed by atoms with Crippen molar-refractivity contribution < 1.29 is 0 Å². The van der Waals surface area contributed by atoms with E-state index in [0.717, 1.165) is 11.6 Å². The molecule has 0 aliphatic rings. The zero-order chi connectivity index (χ0) is 17.5. The first kappa shape index (κ1) is 17.5. The van der Waals surface area contributed by atoms with Crippen molar-refractivity contribution in [3.63, 3.8) is 0 Å². The quantitative estimate of drug-likeness (QED) is 0.566. The molecular weight excluding hydrogens is 326 g/mol. The Morgan fingerprint density at radius 1 is 0.840 bits per heavy atom. The van der Waals surface area contributed by atoms with Gasteiger partial charge in [0.25, 0.3) is 0 Å². The van der Waals surface area contributed by atoms with Gasteiger partial charge in [0.15, 0.2) is 0 Å². The molecule has 0 aliphatic carbocycles. The minimum Gasteiger partial charge on any atom is -0.307 e. The molecule has 3 rings (SSSR count). The van der Waals surface area contributed by atoms with E-state index in [0.29, 0.717) is 0 Å². The molecule has 1 nitrogen and oxygen atoms in total. The fourth-order valence-corrected chi connectivity index (χ4v) is 2.97. The first-order valence-electron chi connectivity index (χ1n) is 8.54. The minimum atomic E-state index is 0.265. The van der Waals surface area contributed by atoms with Gasteiger partial charge in [-0.25, -0.2) is 0 Å². The normalized spacial score (nSPS) is 11.8. The summed E-state index contributed by atoms with van der Waals surface area (Å²) in [5, 5.41) is 4.34. The van der Waals surface area contributed by atoms with Crippen molar-refractivity contribution in [3.8, 4) is 0 Å². The van der Waals surface area contributed by atoms with Gasteiger partial charge in [0, 0.05) is 17.6 Å². The Bertz CT molecular complexity index is 766. The van der Waals surface area contributed by atoms with Gasteiger partial charge in [-0.1, -0.05) is 90.5 Å². The molecule has 25 heavy (non-hydrogen) atoms. The van der Waals surface area contributed by atoms with Crippen molar-refractivity contribution in [1.82, 2.24) is 5.32 Å². The molecule has 3 aromatic carbocycles. The highest BCUT2D eigenvalue weighted by Crippen LogP contribution is 2.23. The van der Waals surface area contributed by atoms with E-state index in [1.54, 1.807) is 0 Å². The third kappa shape index (κ3) is 4.82. The van der Waals surface area contributed by atoms with Crippen LogP contribution in [0.3, 0.4) is 0 Å². The van der Waals surface area contributed by atoms with Crippen molar-refractivity contribution in [2.24, 2.45) is 0 Å². The van der Waals surface area contributed by atoms with Crippen LogP contribution < -0.4 is 5.32 Å². The van der Waals surface area contributed by atoms with Crippen LogP contribution in [0.5, 0.6) is 0 Å². The molecule has 1 unspecified atom stereocenters. The maximum atomic E-state index is 5.97. The maximum absolute atomic E-state index is 5.97. The van der Waals surface area contributed by atoms with Crippen molar-refractivity contribution >= 4 is 17.2 Å². The lowest BCUT2D eigenvalue weighted by Crippen LogP contribution is -2.18. The molecule has 0 amide bonds. The molecule has 126 valence electrons. The highest BCUT2D eigenvalue weighted by Gasteiger charge is 2.06. The van der Waals surface area contributed by atoms with Gasteiger partial charge < -0.3 is 5.32 Å². The fraction of sp³-hybridized carbons (Fsp3) is 0.130. The summed E-state index contributed by atoms with van der Waals surface area (Å²) in [6, 6.07) is 29.3. The maximum Gasteiger partial charge on any atom is 0.0406 e. The summed E-state index contributed by atoms with van der Waals surface area (Å²) in [5.41, 5.74) is 4.94. The molecule has 0 radical (unpaired) electrons. The Morgan fingerprint density at radius 3 is 1.88 bits per heavy atom. The van der Waals surface area contributed by atoms with Gasteiger partial charge in [0.1, 0.15) is 0 Å². The average Bonchev–Trinajstić information content (AvgIpc) is 2.67. The van der Waals surface area contributed by atoms with Gasteiger partial charge in [0.05, 0.1) is 0 Å². The SMILES string of the molecule is CC(NCC=C(c1ccccc1)c1ccccc1)c1ccc(Cl)cc1. The zero-order valence-electron chi connectivity index (χ0n) is 14.3. The van der Waals surface area contributed by atoms with Crippen molar-refractivity contribution in [2.75, 3.05) is 6.54 Å². The van der Waals surface area contributed by atoms with E-state index >= 15 is 0 Å². The highest BCUT2D eigenvalue weighted by atomic mass is 35.5. The molecule has 0 saturated heterocycles. The van der Waals surface area contributed by atoms with Gasteiger partial charge >= 0.3 is 0 Å². The molecular formula is C23H22ClN. The Morgan fingerprint density at radius 2 is 1.36 bits per heavy atom. The third-order valence-corrected chi connectivity index (χ3v) is 4.52. The van der Waals surface area contributed by atoms with Crippen molar-refractivity contribution in [1.29, 1.82) is 0 Å². The lowest BCUT2D eigenvalue weighted by Gasteiger charge is -2.14. The summed E-state index contributed by atoms with van der Waals surface area (Å²) in [7, 11) is 0. The molecule has 0 bridgehead atoms. The number of halogens is 1. The summed E-state index contributed by atoms with van der Waals surface area (Å²) in [4.78, 5) is 0. The zero-order valence-corrected chi connectivity index (χ0v) is 15.1. The lowest BCUT2D eigenvalue weighted by atomic mass is 9.97. The summed E-state index contributed by atoms with van der Waals surface area (Å²) in [6.45, 7) is 2.96. The standard InChI is InChI=1S/C23H22ClN/c1-18(19-12-14-22(24)15-13-19)25-17-16-23(20-8-4-2-5-9-20)21-10-6-3-7-11-21/h2-16,18,25H,17H2,1H3. The number of hydrogen-bond donors (Lipinski definition) is 1. The molecule has 1 atom stereocenters. The van der Waals surface area contributed by atoms with Crippen LogP contribution in [-0.2, 0) is 0 Å². The summed E-state index contributed by atoms with van der Waals surface area (Å²) in [6.07, 6.45) is 2.26. The van der Waals surface area contributed by atoms with Gasteiger partial charge in [-0.3, -0.25) is 0 Å². The summed E-state index contributed by atoms with van der Waals surface area (Å²) >= 11 is 5.97. The Hall–Kier alpha value is -2.35. The molecule has 0 spiro atoms. The van der Waals surface area contributed by atoms with E-state index < -0.39 is 0 Å². The highest BCUT2D eigenvalue weighted by molar-refractivity contribution is 6.30. The number of nitrogens with one attached hydrogen (secondary N) is 1. The van der Waals surface area contributed by atoms with E-state index in [-0.39, 0.29) is 6.04 Å². The molecule has 3 aromatic rings. The predicted molar refractivity (Wildman–Crippen MR) is 108 cm³/mol. The Labute approximate surface area is 155 Å². The van der Waals surface area contributed by atoms with Crippen LogP contribution in [0.2, 0.25) is 5.02 Å². The summed E-state index contributed by atoms with van der Waals surface area (Å²) < 4.78 is 0. The van der Waals surface area contributed by atoms with Crippen LogP contribution in [-0.4, -0.2) is 6.54 Å². The van der Waals surface area contributed by atoms with Crippen LogP contribution in [0, 0.1) is 0 Å². The second-order valence-corrected chi connectivity index (χ2v) is 6.47. The van der Waals surface area contributed by atoms with Crippen LogP contribution in [0.4, 0.5) is 0 Å². The number of hydrogen-bond acceptors (Lipinski definition) is 1. The van der Waals surface area contributed by atoms with Gasteiger partial charge in [-0.05, 0) is 41.3 Å². The van der Waals surface area contributed by atoms with Crippen LogP contribution in [0.25, 0.3) is 5.57 Å². The Balaban J connectivity index is 1.76. The van der Waals surface area contributed by atoms with E-state index in [1.165, 1.54) is 22.3 Å². The monoisotopic (exact) mass is 347 g/mol. The van der Waals surface area contributed by atoms with Crippen LogP contribution >= 0.6 is 11.6 Å². The first-order chi connectivity index (χ1) is 12.2. The second kappa shape index (κ2) is 8.66. The van der Waals surface area contributed by atoms with Crippen LogP contribution in [0.1, 0.15) is 29.7 Å². The third-order valence-electron chi connectivity index (χ3n) is 4.27. The molecule has 0 heterocycles. The topological polar surface area (TPSA) is 12.0 Å².